The Morgan fingerprint density at radius 2 is 2.27 bits per heavy atom. The second kappa shape index (κ2) is 2.31. The van der Waals surface area contributed by atoms with Gasteiger partial charge in [-0.15, -0.1) is 0 Å². The predicted molar refractivity (Wildman–Crippen MR) is 43.6 cm³/mol. The predicted octanol–water partition coefficient (Wildman–Crippen LogP) is 1.99. The van der Waals surface area contributed by atoms with Crippen molar-refractivity contribution in [1.29, 1.82) is 0 Å². The van der Waals surface area contributed by atoms with E-state index in [1.807, 2.05) is 6.08 Å². The third-order valence-corrected chi connectivity index (χ3v) is 2.05. The van der Waals surface area contributed by atoms with Crippen molar-refractivity contribution in [3.05, 3.63) is 34.4 Å². The fourth-order valence-electron chi connectivity index (χ4n) is 1.31. The molecule has 58 valence electrons. The second-order valence-corrected chi connectivity index (χ2v) is 3.08. The van der Waals surface area contributed by atoms with Gasteiger partial charge in [0.2, 0.25) is 0 Å². The van der Waals surface area contributed by atoms with Gasteiger partial charge in [0.15, 0.2) is 0 Å². The van der Waals surface area contributed by atoms with E-state index in [1.165, 1.54) is 6.26 Å². The molecule has 0 radical (unpaired) electrons. The summed E-state index contributed by atoms with van der Waals surface area (Å²) in [5.74, 6) is 0.814. The summed E-state index contributed by atoms with van der Waals surface area (Å²) in [5.41, 5.74) is 7.63. The maximum Gasteiger partial charge on any atom is 0.148 e. The molecule has 0 saturated heterocycles. The van der Waals surface area contributed by atoms with Gasteiger partial charge in [-0.1, -0.05) is 11.6 Å². The first-order valence-electron chi connectivity index (χ1n) is 3.49. The zero-order valence-electron chi connectivity index (χ0n) is 5.93. The van der Waals surface area contributed by atoms with E-state index >= 15 is 0 Å². The molecule has 1 aliphatic heterocycles. The van der Waals surface area contributed by atoms with Crippen LogP contribution in [-0.4, -0.2) is 0 Å². The molecule has 0 amide bonds. The highest BCUT2D eigenvalue weighted by molar-refractivity contribution is 6.31. The highest BCUT2D eigenvalue weighted by Crippen LogP contribution is 2.34. The van der Waals surface area contributed by atoms with Crippen LogP contribution in [-0.2, 0) is 4.74 Å². The number of ether oxygens (including phenoxy) is 1. The molecule has 11 heavy (non-hydrogen) atoms. The number of hydrogen-bond acceptors (Lipinski definition) is 2. The van der Waals surface area contributed by atoms with Crippen LogP contribution in [0.5, 0.6) is 0 Å². The normalized spacial score (nSPS) is 22.3. The molecule has 1 aliphatic carbocycles. The molecular formula is C8H8ClNO. The Morgan fingerprint density at radius 3 is 3.09 bits per heavy atom. The summed E-state index contributed by atoms with van der Waals surface area (Å²) in [7, 11) is 0. The number of halogens is 1. The molecule has 0 saturated carbocycles. The van der Waals surface area contributed by atoms with Gasteiger partial charge in [-0.3, -0.25) is 0 Å². The smallest absolute Gasteiger partial charge is 0.148 e. The van der Waals surface area contributed by atoms with E-state index in [2.05, 4.69) is 0 Å². The lowest BCUT2D eigenvalue weighted by Gasteiger charge is -2.09. The molecule has 0 aromatic rings. The van der Waals surface area contributed by atoms with E-state index in [-0.39, 0.29) is 0 Å². The summed E-state index contributed by atoms with van der Waals surface area (Å²) in [4.78, 5) is 0. The zero-order valence-corrected chi connectivity index (χ0v) is 6.69. The van der Waals surface area contributed by atoms with Crippen molar-refractivity contribution in [3.8, 4) is 0 Å². The lowest BCUT2D eigenvalue weighted by atomic mass is 10.2. The van der Waals surface area contributed by atoms with E-state index < -0.39 is 0 Å². The Bertz CT molecular complexity index is 288. The lowest BCUT2D eigenvalue weighted by Crippen LogP contribution is -1.99. The van der Waals surface area contributed by atoms with Crippen LogP contribution in [0.2, 0.25) is 0 Å². The van der Waals surface area contributed by atoms with Gasteiger partial charge in [0.1, 0.15) is 12.0 Å². The zero-order chi connectivity index (χ0) is 7.84. The van der Waals surface area contributed by atoms with E-state index in [1.54, 1.807) is 0 Å². The van der Waals surface area contributed by atoms with Gasteiger partial charge in [0.25, 0.3) is 0 Å². The van der Waals surface area contributed by atoms with Crippen LogP contribution in [0.25, 0.3) is 0 Å². The molecule has 0 unspecified atom stereocenters. The van der Waals surface area contributed by atoms with Gasteiger partial charge in [0.05, 0.1) is 10.7 Å². The van der Waals surface area contributed by atoms with Gasteiger partial charge in [-0.2, -0.15) is 0 Å². The minimum atomic E-state index is 0.637. The van der Waals surface area contributed by atoms with Crippen LogP contribution >= 0.6 is 11.6 Å². The molecular weight excluding hydrogens is 162 g/mol. The highest BCUT2D eigenvalue weighted by Gasteiger charge is 2.21. The number of allylic oxidation sites excluding steroid dienone is 4. The van der Waals surface area contributed by atoms with E-state index in [0.29, 0.717) is 5.03 Å². The van der Waals surface area contributed by atoms with Crippen LogP contribution in [0.3, 0.4) is 0 Å². The third kappa shape index (κ3) is 1.03. The summed E-state index contributed by atoms with van der Waals surface area (Å²) >= 11 is 5.73. The van der Waals surface area contributed by atoms with Crippen LogP contribution in [0, 0.1) is 0 Å². The Kier molecular flexibility index (Phi) is 1.43. The minimum Gasteiger partial charge on any atom is -0.461 e. The number of fused-ring (bicyclic) bond motifs is 1. The molecule has 0 bridgehead atoms. The molecule has 0 aromatic carbocycles. The fourth-order valence-corrected chi connectivity index (χ4v) is 1.48. The molecule has 2 N–H and O–H groups in total. The van der Waals surface area contributed by atoms with Crippen molar-refractivity contribution >= 4 is 11.6 Å². The van der Waals surface area contributed by atoms with Gasteiger partial charge < -0.3 is 10.5 Å². The molecule has 2 aliphatic rings. The van der Waals surface area contributed by atoms with E-state index in [9.17, 15) is 0 Å². The summed E-state index contributed by atoms with van der Waals surface area (Å²) < 4.78 is 5.22. The maximum absolute atomic E-state index is 5.73. The van der Waals surface area contributed by atoms with Gasteiger partial charge in [-0.25, -0.2) is 0 Å². The Labute approximate surface area is 70.0 Å². The van der Waals surface area contributed by atoms with Crippen molar-refractivity contribution < 1.29 is 4.74 Å². The number of hydrogen-bond donors (Lipinski definition) is 1. The topological polar surface area (TPSA) is 35.2 Å². The molecule has 0 atom stereocenters. The third-order valence-electron chi connectivity index (χ3n) is 1.85. The Morgan fingerprint density at radius 1 is 1.45 bits per heavy atom. The monoisotopic (exact) mass is 169 g/mol. The number of rotatable bonds is 0. The first-order chi connectivity index (χ1) is 5.27. The average molecular weight is 170 g/mol. The van der Waals surface area contributed by atoms with Crippen LogP contribution in [0.15, 0.2) is 34.4 Å². The standard InChI is InChI=1S/C8H8ClNO/c9-6-3-5-1-2-7(10)8(5)11-4-6/h3-4H,1-2,10H2. The second-order valence-electron chi connectivity index (χ2n) is 2.64. The van der Waals surface area contributed by atoms with Crippen molar-refractivity contribution in [2.75, 3.05) is 0 Å². The molecule has 0 spiro atoms. The summed E-state index contributed by atoms with van der Waals surface area (Å²) in [6, 6.07) is 0. The van der Waals surface area contributed by atoms with Crippen molar-refractivity contribution in [1.82, 2.24) is 0 Å². The average Bonchev–Trinajstić information content (AvgIpc) is 2.32. The SMILES string of the molecule is NC1=C2OC=C(Cl)C=C2CC1. The van der Waals surface area contributed by atoms with Crippen molar-refractivity contribution in [2.24, 2.45) is 5.73 Å². The van der Waals surface area contributed by atoms with Crippen molar-refractivity contribution in [3.63, 3.8) is 0 Å². The van der Waals surface area contributed by atoms with Crippen LogP contribution in [0.4, 0.5) is 0 Å². The molecule has 1 heterocycles. The largest absolute Gasteiger partial charge is 0.461 e. The van der Waals surface area contributed by atoms with Crippen LogP contribution < -0.4 is 5.73 Å². The van der Waals surface area contributed by atoms with Gasteiger partial charge in [0, 0.05) is 0 Å². The van der Waals surface area contributed by atoms with Crippen LogP contribution in [0.1, 0.15) is 12.8 Å². The summed E-state index contributed by atoms with van der Waals surface area (Å²) in [5, 5.41) is 0.637. The van der Waals surface area contributed by atoms with E-state index in [0.717, 1.165) is 29.9 Å². The van der Waals surface area contributed by atoms with Gasteiger partial charge in [-0.05, 0) is 24.5 Å². The molecule has 3 heteroatoms. The summed E-state index contributed by atoms with van der Waals surface area (Å²) in [6.45, 7) is 0. The Hall–Kier alpha value is -0.890. The fraction of sp³-hybridized carbons (Fsp3) is 0.250. The maximum atomic E-state index is 5.73. The Balaban J connectivity index is 2.40. The molecule has 2 nitrogen and oxygen atoms in total. The van der Waals surface area contributed by atoms with Gasteiger partial charge >= 0.3 is 0 Å². The van der Waals surface area contributed by atoms with Crippen molar-refractivity contribution in [2.45, 2.75) is 12.8 Å². The first kappa shape index (κ1) is 6.80. The van der Waals surface area contributed by atoms with E-state index in [4.69, 9.17) is 22.1 Å². The highest BCUT2D eigenvalue weighted by atomic mass is 35.5. The molecule has 0 aromatic heterocycles. The minimum absolute atomic E-state index is 0.637. The number of nitrogens with two attached hydrogens (primary N) is 1. The quantitative estimate of drug-likeness (QED) is 0.602. The summed E-state index contributed by atoms with van der Waals surface area (Å²) in [6.07, 6.45) is 5.25. The first-order valence-corrected chi connectivity index (χ1v) is 3.87. The molecule has 0 fully saturated rings. The molecule has 2 rings (SSSR count). The lowest BCUT2D eigenvalue weighted by molar-refractivity contribution is 0.353.